The van der Waals surface area contributed by atoms with E-state index in [9.17, 15) is 9.59 Å². The summed E-state index contributed by atoms with van der Waals surface area (Å²) in [6, 6.07) is 9.26. The maximum Gasteiger partial charge on any atom is 0.407 e. The summed E-state index contributed by atoms with van der Waals surface area (Å²) in [6.07, 6.45) is 0.187. The molecule has 1 unspecified atom stereocenters. The molecule has 0 saturated carbocycles. The van der Waals surface area contributed by atoms with Crippen LogP contribution in [0.25, 0.3) is 0 Å². The van der Waals surface area contributed by atoms with Gasteiger partial charge in [-0.15, -0.1) is 0 Å². The number of benzene rings is 1. The zero-order valence-corrected chi connectivity index (χ0v) is 14.8. The molecule has 2 amide bonds. The molecule has 0 aromatic heterocycles. The minimum absolute atomic E-state index is 0.0160. The SMILES string of the molecule is CC(C)(C)OC(=O)NC1CCN(c2ccccc2NC(=O)CC#N)C1. The highest BCUT2D eigenvalue weighted by Crippen LogP contribution is 2.29. The molecule has 0 bridgehead atoms. The van der Waals surface area contributed by atoms with E-state index < -0.39 is 11.7 Å². The Morgan fingerprint density at radius 2 is 2.08 bits per heavy atom. The summed E-state index contributed by atoms with van der Waals surface area (Å²) >= 11 is 0. The van der Waals surface area contributed by atoms with Crippen molar-refractivity contribution in [3.05, 3.63) is 24.3 Å². The Morgan fingerprint density at radius 3 is 2.76 bits per heavy atom. The lowest BCUT2D eigenvalue weighted by Gasteiger charge is -2.23. The van der Waals surface area contributed by atoms with Gasteiger partial charge in [0.2, 0.25) is 5.91 Å². The third-order valence-corrected chi connectivity index (χ3v) is 3.67. The number of ether oxygens (including phenoxy) is 1. The van der Waals surface area contributed by atoms with Gasteiger partial charge in [0.25, 0.3) is 0 Å². The Hall–Kier alpha value is -2.75. The summed E-state index contributed by atoms with van der Waals surface area (Å²) in [4.78, 5) is 25.7. The van der Waals surface area contributed by atoms with Crippen molar-refractivity contribution in [3.63, 3.8) is 0 Å². The standard InChI is InChI=1S/C18H24N4O3/c1-18(2,3)25-17(24)20-13-9-11-22(12-13)15-7-5-4-6-14(15)21-16(23)8-10-19/h4-7,13H,8-9,11-12H2,1-3H3,(H,20,24)(H,21,23). The quantitative estimate of drug-likeness (QED) is 0.875. The second-order valence-corrected chi connectivity index (χ2v) is 6.98. The van der Waals surface area contributed by atoms with Crippen molar-refractivity contribution in [2.24, 2.45) is 0 Å². The predicted molar refractivity (Wildman–Crippen MR) is 95.3 cm³/mol. The first-order chi connectivity index (χ1) is 11.8. The molecule has 0 spiro atoms. The van der Waals surface area contributed by atoms with Crippen LogP contribution < -0.4 is 15.5 Å². The van der Waals surface area contributed by atoms with Crippen molar-refractivity contribution in [3.8, 4) is 6.07 Å². The van der Waals surface area contributed by atoms with Gasteiger partial charge >= 0.3 is 6.09 Å². The molecule has 1 heterocycles. The Bertz CT molecular complexity index is 676. The molecule has 1 aliphatic heterocycles. The Labute approximate surface area is 147 Å². The van der Waals surface area contributed by atoms with Gasteiger partial charge in [0.15, 0.2) is 0 Å². The van der Waals surface area contributed by atoms with E-state index in [1.807, 2.05) is 45.0 Å². The van der Waals surface area contributed by atoms with Crippen LogP contribution in [0.15, 0.2) is 24.3 Å². The Kier molecular flexibility index (Phi) is 5.86. The summed E-state index contributed by atoms with van der Waals surface area (Å²) in [5.74, 6) is -0.336. The molecule has 1 fully saturated rings. The molecule has 1 aliphatic rings. The zero-order chi connectivity index (χ0) is 18.4. The molecular formula is C18H24N4O3. The number of carbonyl (C=O) groups excluding carboxylic acids is 2. The van der Waals surface area contributed by atoms with E-state index in [0.717, 1.165) is 18.7 Å². The number of nitriles is 1. The van der Waals surface area contributed by atoms with Crippen molar-refractivity contribution in [2.45, 2.75) is 45.3 Å². The minimum atomic E-state index is -0.528. The van der Waals surface area contributed by atoms with Crippen LogP contribution in [0, 0.1) is 11.3 Å². The smallest absolute Gasteiger partial charge is 0.407 e. The molecule has 1 saturated heterocycles. The van der Waals surface area contributed by atoms with E-state index in [2.05, 4.69) is 15.5 Å². The zero-order valence-electron chi connectivity index (χ0n) is 14.8. The number of alkyl carbamates (subject to hydrolysis) is 1. The molecule has 1 atom stereocenters. The highest BCUT2D eigenvalue weighted by Gasteiger charge is 2.27. The number of hydrogen-bond donors (Lipinski definition) is 2. The third kappa shape index (κ3) is 5.68. The maximum atomic E-state index is 11.9. The van der Waals surface area contributed by atoms with Gasteiger partial charge in [-0.25, -0.2) is 4.79 Å². The lowest BCUT2D eigenvalue weighted by molar-refractivity contribution is -0.115. The number of rotatable bonds is 4. The number of nitrogens with zero attached hydrogens (tertiary/aromatic N) is 2. The Morgan fingerprint density at radius 1 is 1.36 bits per heavy atom. The number of para-hydroxylation sites is 2. The van der Waals surface area contributed by atoms with E-state index in [1.54, 1.807) is 6.07 Å². The average Bonchev–Trinajstić information content (AvgIpc) is 2.94. The summed E-state index contributed by atoms with van der Waals surface area (Å²) in [7, 11) is 0. The van der Waals surface area contributed by atoms with E-state index in [4.69, 9.17) is 10.00 Å². The first kappa shape index (κ1) is 18.6. The van der Waals surface area contributed by atoms with E-state index in [1.165, 1.54) is 0 Å². The van der Waals surface area contributed by atoms with Gasteiger partial charge in [0, 0.05) is 13.1 Å². The molecule has 7 heteroatoms. The van der Waals surface area contributed by atoms with Gasteiger partial charge in [-0.2, -0.15) is 5.26 Å². The molecule has 2 rings (SSSR count). The second-order valence-electron chi connectivity index (χ2n) is 6.98. The fourth-order valence-corrected chi connectivity index (χ4v) is 2.69. The average molecular weight is 344 g/mol. The third-order valence-electron chi connectivity index (χ3n) is 3.67. The first-order valence-electron chi connectivity index (χ1n) is 8.29. The molecule has 1 aromatic rings. The van der Waals surface area contributed by atoms with Crippen molar-refractivity contribution in [2.75, 3.05) is 23.3 Å². The van der Waals surface area contributed by atoms with Crippen molar-refractivity contribution >= 4 is 23.4 Å². The fourth-order valence-electron chi connectivity index (χ4n) is 2.69. The molecule has 7 nitrogen and oxygen atoms in total. The van der Waals surface area contributed by atoms with Crippen LogP contribution in [0.3, 0.4) is 0 Å². The van der Waals surface area contributed by atoms with Crippen molar-refractivity contribution < 1.29 is 14.3 Å². The summed E-state index contributed by atoms with van der Waals surface area (Å²) in [6.45, 7) is 6.87. The molecular weight excluding hydrogens is 320 g/mol. The second kappa shape index (κ2) is 7.88. The van der Waals surface area contributed by atoms with E-state index in [-0.39, 0.29) is 18.4 Å². The molecule has 25 heavy (non-hydrogen) atoms. The first-order valence-corrected chi connectivity index (χ1v) is 8.29. The topological polar surface area (TPSA) is 94.5 Å². The van der Waals surface area contributed by atoms with Crippen LogP contribution in [-0.4, -0.2) is 36.7 Å². The fraction of sp³-hybridized carbons (Fsp3) is 0.500. The number of carbonyl (C=O) groups is 2. The van der Waals surface area contributed by atoms with Crippen LogP contribution in [-0.2, 0) is 9.53 Å². The van der Waals surface area contributed by atoms with Crippen LogP contribution in [0.2, 0.25) is 0 Å². The normalized spacial score (nSPS) is 16.9. The number of hydrogen-bond acceptors (Lipinski definition) is 5. The van der Waals surface area contributed by atoms with Gasteiger partial charge in [-0.1, -0.05) is 12.1 Å². The van der Waals surface area contributed by atoms with Crippen LogP contribution >= 0.6 is 0 Å². The molecule has 0 radical (unpaired) electrons. The van der Waals surface area contributed by atoms with E-state index in [0.29, 0.717) is 12.2 Å². The van der Waals surface area contributed by atoms with Crippen molar-refractivity contribution in [1.29, 1.82) is 5.26 Å². The Balaban J connectivity index is 1.99. The van der Waals surface area contributed by atoms with Gasteiger partial charge in [-0.3, -0.25) is 4.79 Å². The minimum Gasteiger partial charge on any atom is -0.444 e. The van der Waals surface area contributed by atoms with Gasteiger partial charge in [0.05, 0.1) is 23.5 Å². The number of anilines is 2. The summed E-state index contributed by atoms with van der Waals surface area (Å²) in [5.41, 5.74) is 1.02. The molecule has 2 N–H and O–H groups in total. The summed E-state index contributed by atoms with van der Waals surface area (Å²) in [5, 5.41) is 14.3. The van der Waals surface area contributed by atoms with Crippen LogP contribution in [0.5, 0.6) is 0 Å². The van der Waals surface area contributed by atoms with E-state index >= 15 is 0 Å². The number of nitrogens with one attached hydrogen (secondary N) is 2. The molecule has 134 valence electrons. The van der Waals surface area contributed by atoms with Gasteiger partial charge in [-0.05, 0) is 39.3 Å². The molecule has 1 aromatic carbocycles. The summed E-state index contributed by atoms with van der Waals surface area (Å²) < 4.78 is 5.29. The molecule has 0 aliphatic carbocycles. The highest BCUT2D eigenvalue weighted by atomic mass is 16.6. The largest absolute Gasteiger partial charge is 0.444 e. The number of amides is 2. The lowest BCUT2D eigenvalue weighted by Crippen LogP contribution is -2.40. The van der Waals surface area contributed by atoms with Gasteiger partial charge in [0.1, 0.15) is 12.0 Å². The van der Waals surface area contributed by atoms with Crippen LogP contribution in [0.1, 0.15) is 33.6 Å². The maximum absolute atomic E-state index is 11.9. The predicted octanol–water partition coefficient (Wildman–Crippen LogP) is 2.64. The highest BCUT2D eigenvalue weighted by molar-refractivity contribution is 5.95. The lowest BCUT2D eigenvalue weighted by atomic mass is 10.2. The monoisotopic (exact) mass is 344 g/mol. The van der Waals surface area contributed by atoms with Gasteiger partial charge < -0.3 is 20.3 Å². The van der Waals surface area contributed by atoms with Crippen LogP contribution in [0.4, 0.5) is 16.2 Å². The van der Waals surface area contributed by atoms with Crippen molar-refractivity contribution in [1.82, 2.24) is 5.32 Å².